The molecule has 0 saturated carbocycles. The number of benzene rings is 1. The molecular formula is C17H19N3O. The van der Waals surface area contributed by atoms with Crippen LogP contribution in [0.15, 0.2) is 65.5 Å². The topological polar surface area (TPSA) is 43.0 Å². The number of anilines is 1. The molecule has 108 valence electrons. The van der Waals surface area contributed by atoms with Gasteiger partial charge >= 0.3 is 0 Å². The maximum absolute atomic E-state index is 5.38. The summed E-state index contributed by atoms with van der Waals surface area (Å²) in [5.74, 6) is 1.00. The standard InChI is InChI=1S/C17H19N3O/c1-14(11-17-7-3-10-21-17)19-16-6-2-5-15(12-16)13-20-9-4-8-18-20/h2-10,12,14,19H,11,13H2,1H3. The van der Waals surface area contributed by atoms with E-state index in [2.05, 4.69) is 41.6 Å². The molecule has 4 heteroatoms. The molecule has 0 fully saturated rings. The molecule has 1 N–H and O–H groups in total. The summed E-state index contributed by atoms with van der Waals surface area (Å²) < 4.78 is 7.31. The van der Waals surface area contributed by atoms with E-state index in [1.807, 2.05) is 29.1 Å². The van der Waals surface area contributed by atoms with Crippen molar-refractivity contribution in [2.24, 2.45) is 0 Å². The molecule has 0 aliphatic heterocycles. The number of aromatic nitrogens is 2. The van der Waals surface area contributed by atoms with Crippen LogP contribution in [0.4, 0.5) is 5.69 Å². The Morgan fingerprint density at radius 2 is 2.19 bits per heavy atom. The van der Waals surface area contributed by atoms with Gasteiger partial charge in [0, 0.05) is 30.5 Å². The number of nitrogens with one attached hydrogen (secondary N) is 1. The maximum Gasteiger partial charge on any atom is 0.105 e. The molecule has 0 radical (unpaired) electrons. The highest BCUT2D eigenvalue weighted by molar-refractivity contribution is 5.46. The maximum atomic E-state index is 5.38. The van der Waals surface area contributed by atoms with Crippen LogP contribution >= 0.6 is 0 Å². The Morgan fingerprint density at radius 1 is 1.24 bits per heavy atom. The van der Waals surface area contributed by atoms with Crippen LogP contribution in [0.5, 0.6) is 0 Å². The quantitative estimate of drug-likeness (QED) is 0.751. The first-order chi connectivity index (χ1) is 10.3. The summed E-state index contributed by atoms with van der Waals surface area (Å²) in [6.07, 6.45) is 6.36. The Kier molecular flexibility index (Phi) is 4.05. The lowest BCUT2D eigenvalue weighted by Gasteiger charge is -2.15. The third-order valence-electron chi connectivity index (χ3n) is 3.33. The minimum absolute atomic E-state index is 0.316. The fraction of sp³-hybridized carbons (Fsp3) is 0.235. The SMILES string of the molecule is CC(Cc1ccco1)Nc1cccc(Cn2cccn2)c1. The van der Waals surface area contributed by atoms with Gasteiger partial charge in [0.2, 0.25) is 0 Å². The summed E-state index contributed by atoms with van der Waals surface area (Å²) in [4.78, 5) is 0. The molecule has 3 rings (SSSR count). The van der Waals surface area contributed by atoms with E-state index in [4.69, 9.17) is 4.42 Å². The van der Waals surface area contributed by atoms with Gasteiger partial charge in [-0.2, -0.15) is 5.10 Å². The first kappa shape index (κ1) is 13.5. The zero-order valence-electron chi connectivity index (χ0n) is 12.1. The van der Waals surface area contributed by atoms with E-state index in [1.165, 1.54) is 5.56 Å². The predicted octanol–water partition coefficient (Wildman–Crippen LogP) is 3.57. The van der Waals surface area contributed by atoms with Crippen LogP contribution < -0.4 is 5.32 Å². The Morgan fingerprint density at radius 3 is 2.95 bits per heavy atom. The number of nitrogens with zero attached hydrogens (tertiary/aromatic N) is 2. The van der Waals surface area contributed by atoms with Crippen molar-refractivity contribution in [2.75, 3.05) is 5.32 Å². The van der Waals surface area contributed by atoms with Crippen molar-refractivity contribution in [1.82, 2.24) is 9.78 Å². The Balaban J connectivity index is 1.62. The molecule has 1 atom stereocenters. The second-order valence-corrected chi connectivity index (χ2v) is 5.23. The zero-order chi connectivity index (χ0) is 14.5. The van der Waals surface area contributed by atoms with Crippen LogP contribution in [0.1, 0.15) is 18.2 Å². The first-order valence-corrected chi connectivity index (χ1v) is 7.15. The summed E-state index contributed by atoms with van der Waals surface area (Å²) in [6.45, 7) is 2.94. The highest BCUT2D eigenvalue weighted by atomic mass is 16.3. The number of hydrogen-bond donors (Lipinski definition) is 1. The van der Waals surface area contributed by atoms with Crippen LogP contribution in [0.3, 0.4) is 0 Å². The van der Waals surface area contributed by atoms with Gasteiger partial charge in [0.1, 0.15) is 5.76 Å². The minimum atomic E-state index is 0.316. The first-order valence-electron chi connectivity index (χ1n) is 7.15. The van der Waals surface area contributed by atoms with Crippen LogP contribution in [0, 0.1) is 0 Å². The lowest BCUT2D eigenvalue weighted by Crippen LogP contribution is -2.17. The van der Waals surface area contributed by atoms with E-state index in [9.17, 15) is 0 Å². The van der Waals surface area contributed by atoms with E-state index in [-0.39, 0.29) is 0 Å². The van der Waals surface area contributed by atoms with Crippen molar-refractivity contribution in [3.05, 3.63) is 72.4 Å². The molecule has 0 spiro atoms. The Labute approximate surface area is 124 Å². The molecule has 1 aromatic carbocycles. The Hall–Kier alpha value is -2.49. The Bertz CT molecular complexity index is 659. The van der Waals surface area contributed by atoms with Gasteiger partial charge < -0.3 is 9.73 Å². The molecule has 0 aliphatic carbocycles. The summed E-state index contributed by atoms with van der Waals surface area (Å²) in [6, 6.07) is 14.6. The van der Waals surface area contributed by atoms with Crippen LogP contribution in [0.2, 0.25) is 0 Å². The van der Waals surface area contributed by atoms with E-state index in [0.29, 0.717) is 6.04 Å². The second kappa shape index (κ2) is 6.31. The van der Waals surface area contributed by atoms with Crippen molar-refractivity contribution >= 4 is 5.69 Å². The van der Waals surface area contributed by atoms with Crippen molar-refractivity contribution in [1.29, 1.82) is 0 Å². The van der Waals surface area contributed by atoms with Gasteiger partial charge in [0.25, 0.3) is 0 Å². The number of rotatable bonds is 6. The van der Waals surface area contributed by atoms with Gasteiger partial charge in [-0.1, -0.05) is 12.1 Å². The zero-order valence-corrected chi connectivity index (χ0v) is 12.1. The molecule has 21 heavy (non-hydrogen) atoms. The molecule has 2 heterocycles. The average Bonchev–Trinajstić information content (AvgIpc) is 3.12. The minimum Gasteiger partial charge on any atom is -0.469 e. The molecule has 2 aromatic heterocycles. The number of furan rings is 1. The van der Waals surface area contributed by atoms with Crippen molar-refractivity contribution in [2.45, 2.75) is 25.9 Å². The van der Waals surface area contributed by atoms with Gasteiger partial charge in [-0.05, 0) is 42.8 Å². The van der Waals surface area contributed by atoms with Gasteiger partial charge in [-0.25, -0.2) is 0 Å². The summed E-state index contributed by atoms with van der Waals surface area (Å²) >= 11 is 0. The highest BCUT2D eigenvalue weighted by Crippen LogP contribution is 2.14. The fourth-order valence-corrected chi connectivity index (χ4v) is 2.41. The molecule has 0 amide bonds. The molecule has 4 nitrogen and oxygen atoms in total. The molecule has 3 aromatic rings. The van der Waals surface area contributed by atoms with E-state index >= 15 is 0 Å². The van der Waals surface area contributed by atoms with E-state index in [1.54, 1.807) is 12.5 Å². The van der Waals surface area contributed by atoms with Crippen molar-refractivity contribution in [3.63, 3.8) is 0 Å². The monoisotopic (exact) mass is 281 g/mol. The fourth-order valence-electron chi connectivity index (χ4n) is 2.41. The van der Waals surface area contributed by atoms with Gasteiger partial charge in [0.15, 0.2) is 0 Å². The summed E-state index contributed by atoms with van der Waals surface area (Å²) in [7, 11) is 0. The van der Waals surface area contributed by atoms with E-state index in [0.717, 1.165) is 24.4 Å². The third kappa shape index (κ3) is 3.75. The van der Waals surface area contributed by atoms with Gasteiger partial charge in [0.05, 0.1) is 12.8 Å². The van der Waals surface area contributed by atoms with Crippen molar-refractivity contribution < 1.29 is 4.42 Å². The highest BCUT2D eigenvalue weighted by Gasteiger charge is 2.06. The summed E-state index contributed by atoms with van der Waals surface area (Å²) in [5, 5.41) is 7.75. The molecule has 1 unspecified atom stereocenters. The summed E-state index contributed by atoms with van der Waals surface area (Å²) in [5.41, 5.74) is 2.35. The average molecular weight is 281 g/mol. The normalized spacial score (nSPS) is 12.2. The van der Waals surface area contributed by atoms with Crippen molar-refractivity contribution in [3.8, 4) is 0 Å². The molecule has 0 saturated heterocycles. The number of hydrogen-bond acceptors (Lipinski definition) is 3. The lowest BCUT2D eigenvalue weighted by atomic mass is 10.1. The van der Waals surface area contributed by atoms with Gasteiger partial charge in [-0.3, -0.25) is 4.68 Å². The molecular weight excluding hydrogens is 262 g/mol. The largest absolute Gasteiger partial charge is 0.469 e. The molecule has 0 bridgehead atoms. The van der Waals surface area contributed by atoms with Crippen LogP contribution in [-0.2, 0) is 13.0 Å². The third-order valence-corrected chi connectivity index (χ3v) is 3.33. The predicted molar refractivity (Wildman–Crippen MR) is 83.3 cm³/mol. The van der Waals surface area contributed by atoms with Crippen LogP contribution in [-0.4, -0.2) is 15.8 Å². The van der Waals surface area contributed by atoms with Crippen LogP contribution in [0.25, 0.3) is 0 Å². The molecule has 0 aliphatic rings. The second-order valence-electron chi connectivity index (χ2n) is 5.23. The smallest absolute Gasteiger partial charge is 0.105 e. The van der Waals surface area contributed by atoms with Gasteiger partial charge in [-0.15, -0.1) is 0 Å². The lowest BCUT2D eigenvalue weighted by molar-refractivity contribution is 0.498. The van der Waals surface area contributed by atoms with E-state index < -0.39 is 0 Å².